The average Bonchev–Trinajstić information content (AvgIpc) is 2.23. The van der Waals surface area contributed by atoms with Gasteiger partial charge >= 0.3 is 5.97 Å². The number of carbonyl (C=O) groups excluding carboxylic acids is 1. The third-order valence-corrected chi connectivity index (χ3v) is 1.28. The second-order valence-electron chi connectivity index (χ2n) is 2.54. The van der Waals surface area contributed by atoms with E-state index in [1.54, 1.807) is 13.0 Å². The first-order valence-electron chi connectivity index (χ1n) is 4.38. The van der Waals surface area contributed by atoms with Crippen molar-refractivity contribution in [3.05, 3.63) is 37.5 Å². The van der Waals surface area contributed by atoms with Gasteiger partial charge in [0.15, 0.2) is 0 Å². The SMILES string of the molecule is C.C=CC(C)OCC(=O)Cl.C=CC=CC(=O)O.Cl.O.[Cl-]. The highest BCUT2D eigenvalue weighted by molar-refractivity contribution is 6.63. The van der Waals surface area contributed by atoms with Crippen LogP contribution in [-0.2, 0) is 14.3 Å². The van der Waals surface area contributed by atoms with Crippen LogP contribution in [0.5, 0.6) is 0 Å². The number of hydrogen-bond donors (Lipinski definition) is 1. The van der Waals surface area contributed by atoms with Crippen LogP contribution in [0.4, 0.5) is 0 Å². The van der Waals surface area contributed by atoms with Gasteiger partial charge in [0.25, 0.3) is 0 Å². The first-order valence-corrected chi connectivity index (χ1v) is 4.76. The van der Waals surface area contributed by atoms with Gasteiger partial charge in [-0.15, -0.1) is 19.0 Å². The number of carboxylic acids is 1. The van der Waals surface area contributed by atoms with E-state index in [1.165, 1.54) is 12.2 Å². The van der Waals surface area contributed by atoms with E-state index in [4.69, 9.17) is 21.4 Å². The second-order valence-corrected chi connectivity index (χ2v) is 2.96. The summed E-state index contributed by atoms with van der Waals surface area (Å²) in [4.78, 5) is 19.7. The van der Waals surface area contributed by atoms with Crippen molar-refractivity contribution < 1.29 is 37.3 Å². The zero-order valence-electron chi connectivity index (χ0n) is 10.3. The molecule has 0 aliphatic rings. The van der Waals surface area contributed by atoms with E-state index in [1.807, 2.05) is 0 Å². The van der Waals surface area contributed by atoms with Crippen LogP contribution in [0.3, 0.4) is 0 Å². The van der Waals surface area contributed by atoms with Crippen LogP contribution in [0.2, 0.25) is 0 Å². The molecule has 0 aliphatic heterocycles. The number of allylic oxidation sites excluding steroid dienone is 2. The molecular weight excluding hydrogens is 330 g/mol. The maximum atomic E-state index is 10.1. The lowest BCUT2D eigenvalue weighted by molar-refractivity contribution is -0.131. The van der Waals surface area contributed by atoms with Gasteiger partial charge in [0, 0.05) is 6.08 Å². The minimum atomic E-state index is -0.945. The highest BCUT2D eigenvalue weighted by atomic mass is 35.5. The fourth-order valence-corrected chi connectivity index (χ4v) is 0.478. The molecule has 0 aromatic heterocycles. The minimum absolute atomic E-state index is 0. The Bertz CT molecular complexity index is 280. The Kier molecular flexibility index (Phi) is 48.6. The van der Waals surface area contributed by atoms with Crippen LogP contribution in [0.25, 0.3) is 0 Å². The summed E-state index contributed by atoms with van der Waals surface area (Å²) in [7, 11) is 0. The molecule has 0 saturated carbocycles. The molecule has 0 aromatic rings. The molecule has 0 bridgehead atoms. The first-order chi connectivity index (χ1) is 7.43. The standard InChI is InChI=1S/C6H9ClO2.C5H6O2.CH4.2ClH.H2O/c1-3-5(2)9-4-6(7)8;1-2-3-4-5(6)7;;;;/h3,5H,1,4H2,2H3;2-4H,1H2,(H,6,7);1H4;2*1H;1H2/p-1. The molecule has 0 aliphatic carbocycles. The molecule has 0 heterocycles. The molecule has 0 rings (SSSR count). The minimum Gasteiger partial charge on any atom is -1.00 e. The van der Waals surface area contributed by atoms with Gasteiger partial charge in [-0.05, 0) is 18.5 Å². The van der Waals surface area contributed by atoms with E-state index in [0.717, 1.165) is 6.08 Å². The lowest BCUT2D eigenvalue weighted by atomic mass is 10.4. The maximum Gasteiger partial charge on any atom is 0.328 e. The molecule has 8 heteroatoms. The van der Waals surface area contributed by atoms with Gasteiger partial charge in [-0.3, -0.25) is 4.79 Å². The summed E-state index contributed by atoms with van der Waals surface area (Å²) < 4.78 is 4.85. The van der Waals surface area contributed by atoms with Crippen molar-refractivity contribution in [3.8, 4) is 0 Å². The highest BCUT2D eigenvalue weighted by Gasteiger charge is 1.98. The Hall–Kier alpha value is -0.850. The van der Waals surface area contributed by atoms with Crippen LogP contribution in [0.15, 0.2) is 37.5 Å². The second kappa shape index (κ2) is 26.7. The molecule has 20 heavy (non-hydrogen) atoms. The van der Waals surface area contributed by atoms with Crippen molar-refractivity contribution in [3.63, 3.8) is 0 Å². The molecule has 3 N–H and O–H groups in total. The highest BCUT2D eigenvalue weighted by Crippen LogP contribution is 1.91. The molecule has 0 radical (unpaired) electrons. The molecule has 0 amide bonds. The summed E-state index contributed by atoms with van der Waals surface area (Å²) in [6, 6.07) is 0. The van der Waals surface area contributed by atoms with Crippen LogP contribution in [0.1, 0.15) is 14.4 Å². The fraction of sp³-hybridized carbons (Fsp3) is 0.333. The van der Waals surface area contributed by atoms with Crippen LogP contribution in [-0.4, -0.2) is 34.5 Å². The summed E-state index contributed by atoms with van der Waals surface area (Å²) >= 11 is 4.98. The van der Waals surface area contributed by atoms with E-state index in [-0.39, 0.29) is 50.4 Å². The molecule has 0 fully saturated rings. The summed E-state index contributed by atoms with van der Waals surface area (Å²) in [6.45, 7) is 8.48. The Balaban J connectivity index is -0.0000000416. The lowest BCUT2D eigenvalue weighted by Crippen LogP contribution is -3.00. The Morgan fingerprint density at radius 1 is 1.40 bits per heavy atom. The lowest BCUT2D eigenvalue weighted by Gasteiger charge is -2.03. The van der Waals surface area contributed by atoms with Gasteiger partial charge in [0.05, 0.1) is 6.10 Å². The molecule has 5 nitrogen and oxygen atoms in total. The van der Waals surface area contributed by atoms with Crippen molar-refractivity contribution in [1.82, 2.24) is 0 Å². The normalized spacial score (nSPS) is 8.90. The quantitative estimate of drug-likeness (QED) is 0.299. The Labute approximate surface area is 137 Å². The molecule has 1 unspecified atom stereocenters. The largest absolute Gasteiger partial charge is 1.00 e. The molecule has 122 valence electrons. The van der Waals surface area contributed by atoms with E-state index in [0.29, 0.717) is 0 Å². The summed E-state index contributed by atoms with van der Waals surface area (Å²) in [6.07, 6.45) is 5.29. The van der Waals surface area contributed by atoms with E-state index < -0.39 is 11.2 Å². The zero-order valence-corrected chi connectivity index (χ0v) is 12.7. The topological polar surface area (TPSA) is 95.1 Å². The molecular formula is C12H22Cl3O5-. The average molecular weight is 353 g/mol. The van der Waals surface area contributed by atoms with Gasteiger partial charge in [0.1, 0.15) is 6.61 Å². The number of halogens is 3. The van der Waals surface area contributed by atoms with Crippen LogP contribution >= 0.6 is 24.0 Å². The van der Waals surface area contributed by atoms with Gasteiger partial charge in [0.2, 0.25) is 5.24 Å². The predicted octanol–water partition coefficient (Wildman–Crippen LogP) is -0.607. The van der Waals surface area contributed by atoms with E-state index in [2.05, 4.69) is 13.2 Å². The summed E-state index contributed by atoms with van der Waals surface area (Å²) in [5.41, 5.74) is 0. The third-order valence-electron chi connectivity index (χ3n) is 1.17. The van der Waals surface area contributed by atoms with Crippen molar-refractivity contribution in [2.75, 3.05) is 6.61 Å². The zero-order chi connectivity index (χ0) is 13.0. The number of rotatable bonds is 6. The van der Waals surface area contributed by atoms with Crippen LogP contribution < -0.4 is 12.4 Å². The van der Waals surface area contributed by atoms with Crippen molar-refractivity contribution in [1.29, 1.82) is 0 Å². The first kappa shape index (κ1) is 36.5. The summed E-state index contributed by atoms with van der Waals surface area (Å²) in [5.74, 6) is -0.945. The van der Waals surface area contributed by atoms with Gasteiger partial charge in [-0.2, -0.15) is 0 Å². The van der Waals surface area contributed by atoms with Gasteiger partial charge in [-0.25, -0.2) is 4.79 Å². The van der Waals surface area contributed by atoms with E-state index >= 15 is 0 Å². The smallest absolute Gasteiger partial charge is 0.328 e. The number of carboxylic acid groups (broad SMARTS) is 1. The number of ether oxygens (including phenoxy) is 1. The monoisotopic (exact) mass is 351 g/mol. The van der Waals surface area contributed by atoms with E-state index in [9.17, 15) is 9.59 Å². The molecule has 0 aromatic carbocycles. The number of hydrogen-bond acceptors (Lipinski definition) is 3. The maximum absolute atomic E-state index is 10.1. The Morgan fingerprint density at radius 3 is 2.05 bits per heavy atom. The predicted molar refractivity (Wildman–Crippen MR) is 81.0 cm³/mol. The van der Waals surface area contributed by atoms with Crippen molar-refractivity contribution >= 4 is 35.2 Å². The summed E-state index contributed by atoms with van der Waals surface area (Å²) in [5, 5.41) is 7.43. The number of carbonyl (C=O) groups is 2. The van der Waals surface area contributed by atoms with Gasteiger partial charge in [-0.1, -0.05) is 32.2 Å². The number of aliphatic carboxylic acids is 1. The Morgan fingerprint density at radius 2 is 1.85 bits per heavy atom. The van der Waals surface area contributed by atoms with Crippen molar-refractivity contribution in [2.45, 2.75) is 20.5 Å². The van der Waals surface area contributed by atoms with Crippen molar-refractivity contribution in [2.24, 2.45) is 0 Å². The van der Waals surface area contributed by atoms with Crippen LogP contribution in [0, 0.1) is 0 Å². The third kappa shape index (κ3) is 43.4. The molecule has 1 atom stereocenters. The molecule has 0 saturated heterocycles. The fourth-order valence-electron chi connectivity index (χ4n) is 0.415. The van der Waals surface area contributed by atoms with Gasteiger partial charge < -0.3 is 27.7 Å². The molecule has 0 spiro atoms.